The molecule has 7 atom stereocenters. The highest BCUT2D eigenvalue weighted by atomic mass is 31.3. The summed E-state index contributed by atoms with van der Waals surface area (Å²) in [5.41, 5.74) is 4.07. The Morgan fingerprint density at radius 2 is 1.64 bits per heavy atom. The summed E-state index contributed by atoms with van der Waals surface area (Å²) in [4.78, 5) is 48.0. The molecular formula is C13H34N9O14P3. The number of aliphatic hydroxyl groups is 2. The fraction of sp³-hybridized carbons (Fsp3) is 0.615. The molecule has 0 aliphatic carbocycles. The first-order valence-corrected chi connectivity index (χ1v) is 13.8. The number of ether oxygens (including phenoxy) is 2. The van der Waals surface area contributed by atoms with Crippen LogP contribution in [0.3, 0.4) is 0 Å². The molecule has 0 saturated carbocycles. The van der Waals surface area contributed by atoms with Crippen LogP contribution < -0.4 is 30.3 Å². The predicted octanol–water partition coefficient (Wildman–Crippen LogP) is -0.792. The molecule has 0 amide bonds. The smallest absolute Gasteiger partial charge is 0.387 e. The molecule has 39 heavy (non-hydrogen) atoms. The average molecular weight is 633 g/mol. The third-order valence-corrected chi connectivity index (χ3v) is 8.76. The zero-order valence-electron chi connectivity index (χ0n) is 20.7. The Morgan fingerprint density at radius 3 is 2.18 bits per heavy atom. The number of aliphatic hydroxyl groups excluding tert-OH is 2. The zero-order valence-corrected chi connectivity index (χ0v) is 23.3. The summed E-state index contributed by atoms with van der Waals surface area (Å²) in [5, 5.41) is 21.5. The molecule has 26 heteroatoms. The first-order valence-electron chi connectivity index (χ1n) is 9.32. The number of hydrogen-bond donors (Lipinski definition) is 11. The third kappa shape index (κ3) is 8.24. The number of anilines is 1. The van der Waals surface area contributed by atoms with Crippen molar-refractivity contribution in [2.24, 2.45) is 0 Å². The SMILES string of the molecule is COC(C)[C@@]1(n2cnc3c(N)ncnc32)O[C@H](COP(=O)(O)OP(=O)(O)OP(=O)(O)O)[C@@H](O)[C@H]1O.N.N.N.N. The summed E-state index contributed by atoms with van der Waals surface area (Å²) in [6.07, 6.45) is -3.87. The molecule has 1 aliphatic heterocycles. The van der Waals surface area contributed by atoms with Crippen LogP contribution >= 0.6 is 23.5 Å². The Kier molecular flexibility index (Phi) is 14.1. The highest BCUT2D eigenvalue weighted by Crippen LogP contribution is 2.66. The summed E-state index contributed by atoms with van der Waals surface area (Å²) < 4.78 is 58.4. The van der Waals surface area contributed by atoms with Crippen molar-refractivity contribution in [1.82, 2.24) is 44.1 Å². The van der Waals surface area contributed by atoms with E-state index in [1.807, 2.05) is 0 Å². The van der Waals surface area contributed by atoms with Gasteiger partial charge in [-0.05, 0) is 6.92 Å². The summed E-state index contributed by atoms with van der Waals surface area (Å²) in [6, 6.07) is 0. The molecule has 3 rings (SSSR count). The summed E-state index contributed by atoms with van der Waals surface area (Å²) >= 11 is 0. The van der Waals surface area contributed by atoms with Crippen LogP contribution in [0, 0.1) is 0 Å². The van der Waals surface area contributed by atoms with Crippen LogP contribution in [0.15, 0.2) is 12.7 Å². The van der Waals surface area contributed by atoms with Gasteiger partial charge >= 0.3 is 23.5 Å². The summed E-state index contributed by atoms with van der Waals surface area (Å²) in [6.45, 7) is 0.445. The van der Waals surface area contributed by atoms with Gasteiger partial charge in [0.15, 0.2) is 11.5 Å². The van der Waals surface area contributed by atoms with Gasteiger partial charge in [0.05, 0.1) is 12.9 Å². The molecular weight excluding hydrogens is 599 g/mol. The van der Waals surface area contributed by atoms with Gasteiger partial charge in [-0.3, -0.25) is 9.09 Å². The van der Waals surface area contributed by atoms with Crippen molar-refractivity contribution < 1.29 is 66.1 Å². The van der Waals surface area contributed by atoms with Gasteiger partial charge in [-0.25, -0.2) is 28.6 Å². The van der Waals surface area contributed by atoms with Gasteiger partial charge in [-0.1, -0.05) is 0 Å². The standard InChI is InChI=1S/C13H22N5O14P3.4H3N/c1-6(28-2)13(18-5-17-8-11(14)15-4-16-12(8)18)10(20)9(19)7(30-13)3-29-34(24,25)32-35(26,27)31-33(21,22)23;;;;/h4-7,9-10,19-20H,3H2,1-2H3,(H,24,25)(H,26,27)(H2,14,15,16)(H2,21,22,23);4*1H3/t6?,7-,9-,10-,13-;;;;/m1..../s1. The van der Waals surface area contributed by atoms with E-state index in [1.165, 1.54) is 24.9 Å². The number of imidazole rings is 1. The molecule has 230 valence electrons. The maximum absolute atomic E-state index is 12.0. The van der Waals surface area contributed by atoms with Crippen LogP contribution in [0.25, 0.3) is 11.2 Å². The molecule has 1 saturated heterocycles. The molecule has 20 N–H and O–H groups in total. The molecule has 23 nitrogen and oxygen atoms in total. The molecule has 1 fully saturated rings. The van der Waals surface area contributed by atoms with Crippen LogP contribution in [-0.4, -0.2) is 87.4 Å². The molecule has 0 radical (unpaired) electrons. The lowest BCUT2D eigenvalue weighted by Gasteiger charge is -2.37. The van der Waals surface area contributed by atoms with Gasteiger partial charge in [-0.15, -0.1) is 0 Å². The Hall–Kier alpha value is -1.56. The van der Waals surface area contributed by atoms with Crippen molar-refractivity contribution in [2.75, 3.05) is 19.5 Å². The van der Waals surface area contributed by atoms with Gasteiger partial charge < -0.3 is 69.6 Å². The highest BCUT2D eigenvalue weighted by molar-refractivity contribution is 7.66. The van der Waals surface area contributed by atoms with Gasteiger partial charge in [0.2, 0.25) is 5.72 Å². The van der Waals surface area contributed by atoms with E-state index in [2.05, 4.69) is 28.1 Å². The number of methoxy groups -OCH3 is 1. The van der Waals surface area contributed by atoms with Crippen molar-refractivity contribution in [2.45, 2.75) is 37.1 Å². The largest absolute Gasteiger partial charge is 0.490 e. The van der Waals surface area contributed by atoms with E-state index in [-0.39, 0.29) is 41.6 Å². The Morgan fingerprint density at radius 1 is 1.05 bits per heavy atom. The lowest BCUT2D eigenvalue weighted by atomic mass is 9.97. The van der Waals surface area contributed by atoms with Gasteiger partial charge in [-0.2, -0.15) is 8.62 Å². The first-order chi connectivity index (χ1) is 16.0. The molecule has 2 aromatic heterocycles. The lowest BCUT2D eigenvalue weighted by Crippen LogP contribution is -2.53. The van der Waals surface area contributed by atoms with Crippen molar-refractivity contribution in [3.05, 3.63) is 12.7 Å². The van der Waals surface area contributed by atoms with Crippen LogP contribution in [0.2, 0.25) is 0 Å². The monoisotopic (exact) mass is 633 g/mol. The van der Waals surface area contributed by atoms with Crippen LogP contribution in [0.5, 0.6) is 0 Å². The number of nitrogens with two attached hydrogens (primary N) is 1. The Bertz CT molecular complexity index is 1230. The number of hydrogen-bond acceptors (Lipinski definition) is 18. The maximum atomic E-state index is 12.0. The molecule has 0 aromatic carbocycles. The Balaban J connectivity index is 0. The quantitative estimate of drug-likeness (QED) is 0.143. The molecule has 0 spiro atoms. The van der Waals surface area contributed by atoms with Crippen molar-refractivity contribution in [1.29, 1.82) is 0 Å². The minimum atomic E-state index is -5.75. The highest BCUT2D eigenvalue weighted by Gasteiger charge is 2.60. The van der Waals surface area contributed by atoms with Gasteiger partial charge in [0, 0.05) is 7.11 Å². The van der Waals surface area contributed by atoms with Crippen LogP contribution in [-0.2, 0) is 42.0 Å². The molecule has 3 heterocycles. The van der Waals surface area contributed by atoms with Crippen molar-refractivity contribution >= 4 is 40.4 Å². The van der Waals surface area contributed by atoms with Crippen molar-refractivity contribution in [3.8, 4) is 0 Å². The second-order valence-electron chi connectivity index (χ2n) is 7.15. The van der Waals surface area contributed by atoms with Crippen LogP contribution in [0.4, 0.5) is 5.82 Å². The molecule has 0 bridgehead atoms. The number of fused-ring (bicyclic) bond motifs is 1. The van der Waals surface area contributed by atoms with Gasteiger partial charge in [0.25, 0.3) is 0 Å². The third-order valence-electron chi connectivity index (χ3n) is 4.96. The van der Waals surface area contributed by atoms with Gasteiger partial charge in [0.1, 0.15) is 36.3 Å². The zero-order chi connectivity index (χ0) is 26.4. The number of aromatic nitrogens is 4. The molecule has 2 aromatic rings. The number of nitrogen functional groups attached to an aromatic ring is 1. The predicted molar refractivity (Wildman–Crippen MR) is 131 cm³/mol. The normalized spacial score (nSPS) is 26.6. The number of nitrogens with zero attached hydrogens (tertiary/aromatic N) is 4. The average Bonchev–Trinajstić information content (AvgIpc) is 3.25. The minimum absolute atomic E-state index is 0. The van der Waals surface area contributed by atoms with Crippen molar-refractivity contribution in [3.63, 3.8) is 0 Å². The van der Waals surface area contributed by atoms with E-state index in [0.717, 1.165) is 6.33 Å². The molecule has 3 unspecified atom stereocenters. The van der Waals surface area contributed by atoms with Crippen LogP contribution in [0.1, 0.15) is 6.92 Å². The van der Waals surface area contributed by atoms with E-state index in [9.17, 15) is 33.7 Å². The summed E-state index contributed by atoms with van der Waals surface area (Å²) in [7, 11) is -15.6. The van der Waals surface area contributed by atoms with E-state index >= 15 is 0 Å². The van der Waals surface area contributed by atoms with E-state index in [4.69, 9.17) is 25.0 Å². The molecule has 1 aliphatic rings. The second kappa shape index (κ2) is 13.9. The lowest BCUT2D eigenvalue weighted by molar-refractivity contribution is -0.207. The fourth-order valence-electron chi connectivity index (χ4n) is 3.44. The topological polar surface area (TPSA) is 428 Å². The minimum Gasteiger partial charge on any atom is -0.387 e. The fourth-order valence-corrected chi connectivity index (χ4v) is 6.47. The second-order valence-corrected chi connectivity index (χ2v) is 11.6. The van der Waals surface area contributed by atoms with E-state index < -0.39 is 60.2 Å². The first kappa shape index (κ1) is 39.6. The number of rotatable bonds is 10. The Labute approximate surface area is 220 Å². The number of phosphoric acid groups is 3. The summed E-state index contributed by atoms with van der Waals surface area (Å²) in [5.74, 6) is 0.00575. The van der Waals surface area contributed by atoms with E-state index in [0.29, 0.717) is 0 Å². The maximum Gasteiger partial charge on any atom is 0.490 e. The number of phosphoric ester groups is 1. The van der Waals surface area contributed by atoms with E-state index in [1.54, 1.807) is 0 Å².